The molecule has 0 rings (SSSR count). The molecule has 0 saturated heterocycles. The van der Waals surface area contributed by atoms with Gasteiger partial charge in [0, 0.05) is 0 Å². The molecular formula is C6H13F3N4. The maximum Gasteiger partial charge on any atom is 0.450 e. The molecule has 0 aromatic rings. The molecule has 0 saturated carbocycles. The normalized spacial score (nSPS) is 13.6. The van der Waals surface area contributed by atoms with Gasteiger partial charge in [-0.25, -0.2) is 11.0 Å². The van der Waals surface area contributed by atoms with Crippen LogP contribution >= 0.6 is 0 Å². The van der Waals surface area contributed by atoms with Crippen molar-refractivity contribution in [3.8, 4) is 0 Å². The Morgan fingerprint density at radius 2 is 1.92 bits per heavy atom. The molecule has 7 heteroatoms. The summed E-state index contributed by atoms with van der Waals surface area (Å²) in [6.07, 6.45) is -4.62. The largest absolute Gasteiger partial charge is 0.450 e. The van der Waals surface area contributed by atoms with Crippen molar-refractivity contribution in [2.45, 2.75) is 20.0 Å². The van der Waals surface area contributed by atoms with E-state index >= 15 is 0 Å². The Kier molecular flexibility index (Phi) is 3.99. The molecule has 0 radical (unpaired) electrons. The third kappa shape index (κ3) is 5.29. The van der Waals surface area contributed by atoms with Gasteiger partial charge in [-0.05, 0) is 5.92 Å². The van der Waals surface area contributed by atoms with Crippen LogP contribution in [0.5, 0.6) is 0 Å². The SMILES string of the molecule is CC(C)CN(N)/N=C(\N)C(F)(F)F. The first-order chi connectivity index (χ1) is 5.73. The number of hydrogen-bond acceptors (Lipinski definition) is 3. The summed E-state index contributed by atoms with van der Waals surface area (Å²) in [6, 6.07) is 0. The molecule has 78 valence electrons. The number of alkyl halides is 3. The molecule has 0 unspecified atom stereocenters. The van der Waals surface area contributed by atoms with E-state index in [-0.39, 0.29) is 12.5 Å². The lowest BCUT2D eigenvalue weighted by molar-refractivity contribution is -0.0615. The minimum Gasteiger partial charge on any atom is -0.378 e. The molecule has 0 aliphatic heterocycles. The third-order valence-electron chi connectivity index (χ3n) is 1.08. The van der Waals surface area contributed by atoms with Crippen LogP contribution in [0.1, 0.15) is 13.8 Å². The second-order valence-corrected chi connectivity index (χ2v) is 3.00. The van der Waals surface area contributed by atoms with Crippen molar-refractivity contribution < 1.29 is 13.2 Å². The van der Waals surface area contributed by atoms with Gasteiger partial charge >= 0.3 is 6.18 Å². The summed E-state index contributed by atoms with van der Waals surface area (Å²) >= 11 is 0. The van der Waals surface area contributed by atoms with Gasteiger partial charge < -0.3 is 5.73 Å². The van der Waals surface area contributed by atoms with Crippen molar-refractivity contribution in [2.24, 2.45) is 22.6 Å². The molecule has 0 aromatic heterocycles. The van der Waals surface area contributed by atoms with Gasteiger partial charge in [-0.1, -0.05) is 13.8 Å². The quantitative estimate of drug-likeness (QED) is 0.303. The summed E-state index contributed by atoms with van der Waals surface area (Å²) in [6.45, 7) is 3.83. The van der Waals surface area contributed by atoms with Crippen molar-refractivity contribution >= 4 is 5.84 Å². The Morgan fingerprint density at radius 1 is 1.46 bits per heavy atom. The summed E-state index contributed by atoms with van der Waals surface area (Å²) in [4.78, 5) is 0. The summed E-state index contributed by atoms with van der Waals surface area (Å²) in [5.74, 6) is 3.82. The fourth-order valence-corrected chi connectivity index (χ4v) is 0.610. The lowest BCUT2D eigenvalue weighted by Gasteiger charge is -2.16. The molecule has 0 aromatic carbocycles. The fourth-order valence-electron chi connectivity index (χ4n) is 0.610. The first-order valence-electron chi connectivity index (χ1n) is 3.67. The van der Waals surface area contributed by atoms with Gasteiger partial charge in [-0.2, -0.15) is 13.2 Å². The van der Waals surface area contributed by atoms with E-state index in [1.165, 1.54) is 0 Å². The molecular weight excluding hydrogens is 185 g/mol. The van der Waals surface area contributed by atoms with Crippen molar-refractivity contribution in [1.29, 1.82) is 0 Å². The highest BCUT2D eigenvalue weighted by Gasteiger charge is 2.34. The first kappa shape index (κ1) is 12.0. The lowest BCUT2D eigenvalue weighted by Crippen LogP contribution is -2.38. The predicted octanol–water partition coefficient (Wildman–Crippen LogP) is 0.653. The van der Waals surface area contributed by atoms with Gasteiger partial charge in [0.15, 0.2) is 0 Å². The van der Waals surface area contributed by atoms with E-state index in [1.54, 1.807) is 13.8 Å². The average Bonchev–Trinajstić information content (AvgIpc) is 1.82. The van der Waals surface area contributed by atoms with Crippen molar-refractivity contribution in [3.05, 3.63) is 0 Å². The topological polar surface area (TPSA) is 67.6 Å². The molecule has 4 nitrogen and oxygen atoms in total. The van der Waals surface area contributed by atoms with E-state index in [4.69, 9.17) is 5.84 Å². The maximum atomic E-state index is 11.8. The zero-order valence-corrected chi connectivity index (χ0v) is 7.47. The number of nitrogens with zero attached hydrogens (tertiary/aromatic N) is 2. The molecule has 0 spiro atoms. The molecule has 0 amide bonds. The van der Waals surface area contributed by atoms with Crippen LogP contribution in [0.3, 0.4) is 0 Å². The Morgan fingerprint density at radius 3 is 2.23 bits per heavy atom. The van der Waals surface area contributed by atoms with E-state index < -0.39 is 12.0 Å². The van der Waals surface area contributed by atoms with Gasteiger partial charge in [0.05, 0.1) is 6.54 Å². The predicted molar refractivity (Wildman–Crippen MR) is 43.4 cm³/mol. The second-order valence-electron chi connectivity index (χ2n) is 3.00. The molecule has 0 bridgehead atoms. The van der Waals surface area contributed by atoms with Crippen LogP contribution in [0.25, 0.3) is 0 Å². The number of hydrazine groups is 1. The molecule has 0 fully saturated rings. The Bertz CT molecular complexity index is 187. The summed E-state index contributed by atoms with van der Waals surface area (Å²) < 4.78 is 35.4. The van der Waals surface area contributed by atoms with Crippen LogP contribution in [0.15, 0.2) is 5.10 Å². The lowest BCUT2D eigenvalue weighted by atomic mass is 10.2. The average molecular weight is 198 g/mol. The van der Waals surface area contributed by atoms with Crippen LogP contribution in [0.4, 0.5) is 13.2 Å². The van der Waals surface area contributed by atoms with Crippen LogP contribution in [0, 0.1) is 5.92 Å². The Hall–Kier alpha value is -0.980. The number of hydrogen-bond donors (Lipinski definition) is 2. The number of hydrazone groups is 1. The molecule has 4 N–H and O–H groups in total. The minimum atomic E-state index is -4.62. The van der Waals surface area contributed by atoms with Crippen LogP contribution in [-0.2, 0) is 0 Å². The Labute approximate surface area is 74.3 Å². The van der Waals surface area contributed by atoms with Crippen LogP contribution in [0.2, 0.25) is 0 Å². The minimum absolute atomic E-state index is 0.120. The van der Waals surface area contributed by atoms with Crippen LogP contribution < -0.4 is 11.6 Å². The Balaban J connectivity index is 4.22. The highest BCUT2D eigenvalue weighted by molar-refractivity contribution is 5.85. The molecule has 0 aliphatic rings. The van der Waals surface area contributed by atoms with Gasteiger partial charge in [0.25, 0.3) is 0 Å². The van der Waals surface area contributed by atoms with Crippen molar-refractivity contribution in [2.75, 3.05) is 6.54 Å². The smallest absolute Gasteiger partial charge is 0.378 e. The number of amidine groups is 1. The number of rotatable bonds is 3. The molecule has 0 heterocycles. The zero-order valence-electron chi connectivity index (χ0n) is 7.47. The fraction of sp³-hybridized carbons (Fsp3) is 0.833. The first-order valence-corrected chi connectivity index (χ1v) is 3.67. The zero-order chi connectivity index (χ0) is 10.6. The van der Waals surface area contributed by atoms with Gasteiger partial charge in [0.1, 0.15) is 0 Å². The standard InChI is InChI=1S/C6H13F3N4/c1-4(2)3-13(11)12-5(10)6(7,8)9/h4H,3,11H2,1-2H3,(H2,10,12). The van der Waals surface area contributed by atoms with Crippen LogP contribution in [-0.4, -0.2) is 23.7 Å². The number of nitrogens with two attached hydrogens (primary N) is 2. The van der Waals surface area contributed by atoms with E-state index in [0.29, 0.717) is 5.12 Å². The third-order valence-corrected chi connectivity index (χ3v) is 1.08. The van der Waals surface area contributed by atoms with E-state index in [2.05, 4.69) is 10.8 Å². The van der Waals surface area contributed by atoms with E-state index in [9.17, 15) is 13.2 Å². The summed E-state index contributed by atoms with van der Waals surface area (Å²) in [5.41, 5.74) is 4.63. The van der Waals surface area contributed by atoms with Gasteiger partial charge in [-0.15, -0.1) is 5.10 Å². The maximum absolute atomic E-state index is 11.8. The van der Waals surface area contributed by atoms with E-state index in [0.717, 1.165) is 0 Å². The monoisotopic (exact) mass is 198 g/mol. The molecule has 0 aliphatic carbocycles. The van der Waals surface area contributed by atoms with Crippen molar-refractivity contribution in [3.63, 3.8) is 0 Å². The van der Waals surface area contributed by atoms with Gasteiger partial charge in [0.2, 0.25) is 5.84 Å². The summed E-state index contributed by atoms with van der Waals surface area (Å²) in [5, 5.41) is 3.66. The summed E-state index contributed by atoms with van der Waals surface area (Å²) in [7, 11) is 0. The number of halogens is 3. The molecule has 0 atom stereocenters. The molecule has 13 heavy (non-hydrogen) atoms. The van der Waals surface area contributed by atoms with Crippen molar-refractivity contribution in [1.82, 2.24) is 5.12 Å². The van der Waals surface area contributed by atoms with Gasteiger partial charge in [-0.3, -0.25) is 0 Å². The van der Waals surface area contributed by atoms with E-state index in [1.807, 2.05) is 0 Å². The highest BCUT2D eigenvalue weighted by atomic mass is 19.4. The highest BCUT2D eigenvalue weighted by Crippen LogP contribution is 2.14. The second kappa shape index (κ2) is 4.31.